The van der Waals surface area contributed by atoms with Crippen molar-refractivity contribution in [2.45, 2.75) is 36.7 Å². The highest BCUT2D eigenvalue weighted by Crippen LogP contribution is 2.42. The first-order chi connectivity index (χ1) is 10.7. The molecule has 1 saturated heterocycles. The van der Waals surface area contributed by atoms with E-state index in [1.54, 1.807) is 41.5 Å². The maximum absolute atomic E-state index is 11.6. The molecule has 7 nitrogen and oxygen atoms in total. The molecule has 4 atom stereocenters. The zero-order valence-electron chi connectivity index (χ0n) is 12.9. The number of nitrogens with zero attached hydrogens (tertiary/aromatic N) is 3. The molecule has 1 aliphatic rings. The Balaban J connectivity index is 2.23. The number of thioether (sulfide) groups is 2. The summed E-state index contributed by atoms with van der Waals surface area (Å²) in [5.74, 6) is 1.63. The Hall–Kier alpha value is -0.770. The van der Waals surface area contributed by atoms with Gasteiger partial charge in [-0.1, -0.05) is 19.1 Å². The van der Waals surface area contributed by atoms with E-state index in [4.69, 9.17) is 4.74 Å². The smallest absolute Gasteiger partial charge is 0.273 e. The number of aromatic nitrogens is 3. The molecule has 2 rings (SSSR count). The second-order valence-corrected chi connectivity index (χ2v) is 7.66. The molecular formula is C13H22N4O3S2. The Labute approximate surface area is 138 Å². The molecule has 0 spiro atoms. The molecule has 9 heteroatoms. The largest absolute Gasteiger partial charge is 0.394 e. The fraction of sp³-hybridized carbons (Fsp3) is 0.769. The van der Waals surface area contributed by atoms with Crippen LogP contribution in [0.5, 0.6) is 0 Å². The van der Waals surface area contributed by atoms with Gasteiger partial charge in [0.2, 0.25) is 0 Å². The Morgan fingerprint density at radius 2 is 2.09 bits per heavy atom. The van der Waals surface area contributed by atoms with Gasteiger partial charge in [-0.3, -0.25) is 4.79 Å². The lowest BCUT2D eigenvalue weighted by Gasteiger charge is -2.21. The average molecular weight is 346 g/mol. The van der Waals surface area contributed by atoms with Crippen LogP contribution in [0.3, 0.4) is 0 Å². The minimum atomic E-state index is -0.322. The molecule has 22 heavy (non-hydrogen) atoms. The van der Waals surface area contributed by atoms with Crippen molar-refractivity contribution in [3.8, 4) is 0 Å². The topological polar surface area (TPSA) is 89.3 Å². The SMILES string of the molecule is CCS[C@@H]1[C@H](SCC)[C@@H](CO)O[C@H]1n1cc(C(=O)NC)nn1. The lowest BCUT2D eigenvalue weighted by Crippen LogP contribution is -2.29. The van der Waals surface area contributed by atoms with Crippen LogP contribution in [0.15, 0.2) is 6.20 Å². The Bertz CT molecular complexity index is 499. The summed E-state index contributed by atoms with van der Waals surface area (Å²) < 4.78 is 7.58. The summed E-state index contributed by atoms with van der Waals surface area (Å²) >= 11 is 3.58. The second kappa shape index (κ2) is 8.19. The zero-order valence-corrected chi connectivity index (χ0v) is 14.6. The maximum Gasteiger partial charge on any atom is 0.273 e. The third-order valence-electron chi connectivity index (χ3n) is 3.41. The van der Waals surface area contributed by atoms with Crippen LogP contribution in [-0.2, 0) is 4.74 Å². The van der Waals surface area contributed by atoms with E-state index in [1.165, 1.54) is 0 Å². The first kappa shape index (κ1) is 17.6. The molecule has 0 saturated carbocycles. The molecule has 2 N–H and O–H groups in total. The van der Waals surface area contributed by atoms with E-state index in [0.29, 0.717) is 0 Å². The summed E-state index contributed by atoms with van der Waals surface area (Å²) in [6.45, 7) is 4.17. The normalized spacial score (nSPS) is 28.0. The van der Waals surface area contributed by atoms with Crippen LogP contribution in [-0.4, -0.2) is 67.8 Å². The van der Waals surface area contributed by atoms with E-state index < -0.39 is 0 Å². The predicted molar refractivity (Wildman–Crippen MR) is 88.2 cm³/mol. The number of hydrogen-bond donors (Lipinski definition) is 2. The van der Waals surface area contributed by atoms with Gasteiger partial charge in [0.25, 0.3) is 5.91 Å². The van der Waals surface area contributed by atoms with E-state index >= 15 is 0 Å². The lowest BCUT2D eigenvalue weighted by atomic mass is 10.2. The van der Waals surface area contributed by atoms with Crippen molar-refractivity contribution in [1.82, 2.24) is 20.3 Å². The summed E-state index contributed by atoms with van der Waals surface area (Å²) in [4.78, 5) is 11.6. The third-order valence-corrected chi connectivity index (χ3v) is 6.15. The average Bonchev–Trinajstić information content (AvgIpc) is 3.13. The summed E-state index contributed by atoms with van der Waals surface area (Å²) in [7, 11) is 1.55. The summed E-state index contributed by atoms with van der Waals surface area (Å²) in [6.07, 6.45) is 1.05. The first-order valence-corrected chi connectivity index (χ1v) is 9.39. The number of carbonyl (C=O) groups excluding carboxylic acids is 1. The fourth-order valence-corrected chi connectivity index (χ4v) is 5.11. The first-order valence-electron chi connectivity index (χ1n) is 7.29. The summed E-state index contributed by atoms with van der Waals surface area (Å²) in [6, 6.07) is 0. The Morgan fingerprint density at radius 3 is 2.68 bits per heavy atom. The van der Waals surface area contributed by atoms with Gasteiger partial charge in [0.05, 0.1) is 24.2 Å². The maximum atomic E-state index is 11.6. The molecule has 0 bridgehead atoms. The van der Waals surface area contributed by atoms with E-state index in [9.17, 15) is 9.90 Å². The molecule has 1 amide bonds. The Kier molecular flexibility index (Phi) is 6.54. The molecule has 2 heterocycles. The zero-order chi connectivity index (χ0) is 16.1. The van der Waals surface area contributed by atoms with Crippen LogP contribution in [0, 0.1) is 0 Å². The number of rotatable bonds is 7. The minimum absolute atomic E-state index is 0.0219. The highest BCUT2D eigenvalue weighted by atomic mass is 32.2. The third kappa shape index (κ3) is 3.58. The predicted octanol–water partition coefficient (Wildman–Crippen LogP) is 0.771. The molecule has 0 radical (unpaired) electrons. The molecule has 0 unspecified atom stereocenters. The van der Waals surface area contributed by atoms with Gasteiger partial charge < -0.3 is 15.2 Å². The molecule has 1 aliphatic heterocycles. The lowest BCUT2D eigenvalue weighted by molar-refractivity contribution is -0.0269. The highest BCUT2D eigenvalue weighted by Gasteiger charge is 2.45. The minimum Gasteiger partial charge on any atom is -0.394 e. The van der Waals surface area contributed by atoms with Gasteiger partial charge in [-0.25, -0.2) is 4.68 Å². The number of aliphatic hydroxyl groups excluding tert-OH is 1. The number of nitrogens with one attached hydrogen (secondary N) is 1. The van der Waals surface area contributed by atoms with Crippen molar-refractivity contribution in [2.24, 2.45) is 0 Å². The van der Waals surface area contributed by atoms with Crippen LogP contribution in [0.25, 0.3) is 0 Å². The van der Waals surface area contributed by atoms with E-state index in [-0.39, 0.29) is 41.0 Å². The van der Waals surface area contributed by atoms with E-state index in [2.05, 4.69) is 29.5 Å². The van der Waals surface area contributed by atoms with Crippen molar-refractivity contribution in [1.29, 1.82) is 0 Å². The van der Waals surface area contributed by atoms with Gasteiger partial charge >= 0.3 is 0 Å². The molecule has 1 aromatic rings. The number of carbonyl (C=O) groups is 1. The highest BCUT2D eigenvalue weighted by molar-refractivity contribution is 8.03. The molecule has 124 valence electrons. The summed E-state index contributed by atoms with van der Waals surface area (Å²) in [5.41, 5.74) is 0.262. The van der Waals surface area contributed by atoms with E-state index in [0.717, 1.165) is 11.5 Å². The fourth-order valence-electron chi connectivity index (χ4n) is 2.47. The van der Waals surface area contributed by atoms with Gasteiger partial charge in [-0.05, 0) is 11.5 Å². The summed E-state index contributed by atoms with van der Waals surface area (Å²) in [5, 5.41) is 20.4. The van der Waals surface area contributed by atoms with Crippen LogP contribution < -0.4 is 5.32 Å². The van der Waals surface area contributed by atoms with Crippen LogP contribution in [0.4, 0.5) is 0 Å². The van der Waals surface area contributed by atoms with Crippen molar-refractivity contribution < 1.29 is 14.6 Å². The molecular weight excluding hydrogens is 324 g/mol. The van der Waals surface area contributed by atoms with Crippen LogP contribution in [0.1, 0.15) is 30.6 Å². The quantitative estimate of drug-likeness (QED) is 0.754. The standard InChI is InChI=1S/C13H22N4O3S2/c1-4-21-10-9(7-18)20-13(11(10)22-5-2)17-6-8(15-16-17)12(19)14-3/h6,9-11,13,18H,4-5,7H2,1-3H3,(H,14,19)/t9-,10-,11-,13-/m1/s1. The van der Waals surface area contributed by atoms with Gasteiger partial charge in [-0.15, -0.1) is 5.10 Å². The molecule has 0 aliphatic carbocycles. The number of aliphatic hydroxyl groups is 1. The van der Waals surface area contributed by atoms with Crippen LogP contribution >= 0.6 is 23.5 Å². The molecule has 0 aromatic carbocycles. The monoisotopic (exact) mass is 346 g/mol. The van der Waals surface area contributed by atoms with E-state index in [1.807, 2.05) is 0 Å². The van der Waals surface area contributed by atoms with Crippen LogP contribution in [0.2, 0.25) is 0 Å². The van der Waals surface area contributed by atoms with Crippen molar-refractivity contribution in [3.05, 3.63) is 11.9 Å². The van der Waals surface area contributed by atoms with Gasteiger partial charge in [-0.2, -0.15) is 23.5 Å². The Morgan fingerprint density at radius 1 is 1.41 bits per heavy atom. The second-order valence-electron chi connectivity index (χ2n) is 4.75. The van der Waals surface area contributed by atoms with Crippen molar-refractivity contribution in [3.63, 3.8) is 0 Å². The molecule has 1 aromatic heterocycles. The number of amides is 1. The molecule has 1 fully saturated rings. The van der Waals surface area contributed by atoms with Gasteiger partial charge in [0.15, 0.2) is 11.9 Å². The van der Waals surface area contributed by atoms with Crippen molar-refractivity contribution in [2.75, 3.05) is 25.2 Å². The van der Waals surface area contributed by atoms with Gasteiger partial charge in [0, 0.05) is 12.3 Å². The number of ether oxygens (including phenoxy) is 1. The van der Waals surface area contributed by atoms with Crippen molar-refractivity contribution >= 4 is 29.4 Å². The number of hydrogen-bond acceptors (Lipinski definition) is 7. The van der Waals surface area contributed by atoms with Gasteiger partial charge in [0.1, 0.15) is 0 Å².